The zero-order valence-electron chi connectivity index (χ0n) is 15.2. The second kappa shape index (κ2) is 8.32. The molecule has 2 aromatic carbocycles. The minimum atomic E-state index is -0.580. The van der Waals surface area contributed by atoms with Crippen molar-refractivity contribution in [3.05, 3.63) is 94.6 Å². The number of aromatic nitrogens is 2. The van der Waals surface area contributed by atoms with Crippen molar-refractivity contribution >= 4 is 38.6 Å². The minimum absolute atomic E-state index is 0.275. The van der Waals surface area contributed by atoms with Gasteiger partial charge in [-0.3, -0.25) is 9.78 Å². The van der Waals surface area contributed by atoms with Gasteiger partial charge in [0, 0.05) is 21.6 Å². The van der Waals surface area contributed by atoms with Gasteiger partial charge in [-0.15, -0.1) is 0 Å². The van der Waals surface area contributed by atoms with Crippen molar-refractivity contribution in [2.24, 2.45) is 0 Å². The van der Waals surface area contributed by atoms with Crippen LogP contribution >= 0.6 is 15.9 Å². The molecule has 0 unspecified atom stereocenters. The second-order valence-electron chi connectivity index (χ2n) is 6.30. The Kier molecular flexibility index (Phi) is 5.44. The first kappa shape index (κ1) is 19.0. The van der Waals surface area contributed by atoms with E-state index in [4.69, 9.17) is 4.74 Å². The molecular formula is C23H15BrN2O3. The number of ketones is 1. The standard InChI is InChI=1S/C23H15BrN2O3/c24-16-7-5-6-15(12-16)22(27)14-29-23(28)18-13-21(20-10-3-4-11-25-20)26-19-9-2-1-8-17(18)19/h1-13H,14H2. The van der Waals surface area contributed by atoms with Crippen LogP contribution in [0, 0.1) is 0 Å². The highest BCUT2D eigenvalue weighted by Gasteiger charge is 2.17. The lowest BCUT2D eigenvalue weighted by atomic mass is 10.1. The van der Waals surface area contributed by atoms with Crippen molar-refractivity contribution in [1.82, 2.24) is 9.97 Å². The van der Waals surface area contributed by atoms with E-state index in [9.17, 15) is 9.59 Å². The first-order chi connectivity index (χ1) is 14.1. The van der Waals surface area contributed by atoms with Crippen LogP contribution in [0.5, 0.6) is 0 Å². The molecule has 0 aliphatic carbocycles. The van der Waals surface area contributed by atoms with Gasteiger partial charge in [-0.05, 0) is 36.4 Å². The van der Waals surface area contributed by atoms with Crippen molar-refractivity contribution in [3.8, 4) is 11.4 Å². The molecular weight excluding hydrogens is 432 g/mol. The Balaban J connectivity index is 1.64. The number of nitrogens with zero attached hydrogens (tertiary/aromatic N) is 2. The van der Waals surface area contributed by atoms with E-state index in [1.54, 1.807) is 36.5 Å². The molecule has 0 aliphatic rings. The van der Waals surface area contributed by atoms with Crippen LogP contribution in [0.25, 0.3) is 22.3 Å². The monoisotopic (exact) mass is 446 g/mol. The van der Waals surface area contributed by atoms with Crippen LogP contribution in [-0.2, 0) is 4.74 Å². The van der Waals surface area contributed by atoms with E-state index in [0.29, 0.717) is 33.4 Å². The Morgan fingerprint density at radius 2 is 1.72 bits per heavy atom. The van der Waals surface area contributed by atoms with Gasteiger partial charge in [0.05, 0.1) is 22.5 Å². The SMILES string of the molecule is O=C(COC(=O)c1cc(-c2ccccn2)nc2ccccc12)c1cccc(Br)c1. The number of ether oxygens (including phenoxy) is 1. The molecule has 4 aromatic rings. The maximum absolute atomic E-state index is 12.8. The van der Waals surface area contributed by atoms with Gasteiger partial charge in [0.2, 0.25) is 0 Å². The first-order valence-electron chi connectivity index (χ1n) is 8.89. The lowest BCUT2D eigenvalue weighted by Crippen LogP contribution is -2.15. The van der Waals surface area contributed by atoms with Crippen molar-refractivity contribution in [2.75, 3.05) is 6.61 Å². The molecule has 0 fully saturated rings. The molecule has 2 aromatic heterocycles. The number of esters is 1. The molecule has 2 heterocycles. The van der Waals surface area contributed by atoms with Crippen LogP contribution in [0.15, 0.2) is 83.5 Å². The van der Waals surface area contributed by atoms with Crippen LogP contribution in [0.4, 0.5) is 0 Å². The second-order valence-corrected chi connectivity index (χ2v) is 7.21. The Labute approximate surface area is 175 Å². The molecule has 6 heteroatoms. The number of fused-ring (bicyclic) bond motifs is 1. The molecule has 0 spiro atoms. The number of para-hydroxylation sites is 1. The van der Waals surface area contributed by atoms with E-state index in [1.165, 1.54) is 0 Å². The lowest BCUT2D eigenvalue weighted by Gasteiger charge is -2.10. The van der Waals surface area contributed by atoms with Gasteiger partial charge in [0.25, 0.3) is 0 Å². The van der Waals surface area contributed by atoms with Gasteiger partial charge in [0.1, 0.15) is 0 Å². The number of hydrogen-bond acceptors (Lipinski definition) is 5. The van der Waals surface area contributed by atoms with Crippen LogP contribution < -0.4 is 0 Å². The molecule has 0 N–H and O–H groups in total. The zero-order chi connectivity index (χ0) is 20.2. The topological polar surface area (TPSA) is 69.2 Å². The first-order valence-corrected chi connectivity index (χ1v) is 9.68. The van der Waals surface area contributed by atoms with Crippen LogP contribution in [0.3, 0.4) is 0 Å². The van der Waals surface area contributed by atoms with Crippen LogP contribution in [0.1, 0.15) is 20.7 Å². The molecule has 142 valence electrons. The molecule has 0 radical (unpaired) electrons. The highest BCUT2D eigenvalue weighted by Crippen LogP contribution is 2.24. The van der Waals surface area contributed by atoms with E-state index in [-0.39, 0.29) is 12.4 Å². The molecule has 29 heavy (non-hydrogen) atoms. The zero-order valence-corrected chi connectivity index (χ0v) is 16.8. The predicted octanol–water partition coefficient (Wildman–Crippen LogP) is 5.10. The average molecular weight is 447 g/mol. The molecule has 0 aliphatic heterocycles. The highest BCUT2D eigenvalue weighted by atomic mass is 79.9. The average Bonchev–Trinajstić information content (AvgIpc) is 2.77. The van der Waals surface area contributed by atoms with E-state index in [0.717, 1.165) is 4.47 Å². The van der Waals surface area contributed by atoms with Crippen LogP contribution in [0.2, 0.25) is 0 Å². The summed E-state index contributed by atoms with van der Waals surface area (Å²) >= 11 is 3.33. The summed E-state index contributed by atoms with van der Waals surface area (Å²) in [7, 11) is 0. The van der Waals surface area contributed by atoms with Crippen molar-refractivity contribution < 1.29 is 14.3 Å². The minimum Gasteiger partial charge on any atom is -0.454 e. The van der Waals surface area contributed by atoms with Crippen molar-refractivity contribution in [3.63, 3.8) is 0 Å². The highest BCUT2D eigenvalue weighted by molar-refractivity contribution is 9.10. The van der Waals surface area contributed by atoms with Gasteiger partial charge in [0.15, 0.2) is 12.4 Å². The fourth-order valence-corrected chi connectivity index (χ4v) is 3.34. The number of benzene rings is 2. The summed E-state index contributed by atoms with van der Waals surface area (Å²) in [5.74, 6) is -0.855. The predicted molar refractivity (Wildman–Crippen MR) is 114 cm³/mol. The summed E-state index contributed by atoms with van der Waals surface area (Å²) in [6.45, 7) is -0.342. The Bertz CT molecular complexity index is 1210. The summed E-state index contributed by atoms with van der Waals surface area (Å²) in [6.07, 6.45) is 1.67. The molecule has 0 atom stereocenters. The molecule has 4 rings (SSSR count). The Morgan fingerprint density at radius 1 is 0.897 bits per heavy atom. The van der Waals surface area contributed by atoms with Gasteiger partial charge in [-0.1, -0.05) is 52.3 Å². The Morgan fingerprint density at radius 3 is 2.52 bits per heavy atom. The summed E-state index contributed by atoms with van der Waals surface area (Å²) in [6, 6.07) is 21.4. The number of rotatable bonds is 5. The fraction of sp³-hybridized carbons (Fsp3) is 0.0435. The number of carbonyl (C=O) groups excluding carboxylic acids is 2. The van der Waals surface area contributed by atoms with Gasteiger partial charge >= 0.3 is 5.97 Å². The number of hydrogen-bond donors (Lipinski definition) is 0. The number of halogens is 1. The van der Waals surface area contributed by atoms with Gasteiger partial charge < -0.3 is 4.74 Å². The molecule has 0 saturated heterocycles. The normalized spacial score (nSPS) is 10.7. The van der Waals surface area contributed by atoms with Crippen molar-refractivity contribution in [2.45, 2.75) is 0 Å². The summed E-state index contributed by atoms with van der Waals surface area (Å²) < 4.78 is 6.12. The third kappa shape index (κ3) is 4.22. The van der Waals surface area contributed by atoms with Crippen LogP contribution in [-0.4, -0.2) is 28.3 Å². The van der Waals surface area contributed by atoms with Crippen molar-refractivity contribution in [1.29, 1.82) is 0 Å². The third-order valence-corrected chi connectivity index (χ3v) is 4.84. The third-order valence-electron chi connectivity index (χ3n) is 4.34. The molecule has 5 nitrogen and oxygen atoms in total. The quantitative estimate of drug-likeness (QED) is 0.315. The summed E-state index contributed by atoms with van der Waals surface area (Å²) in [5, 5.41) is 0.659. The number of pyridine rings is 2. The maximum Gasteiger partial charge on any atom is 0.339 e. The molecule has 0 saturated carbocycles. The summed E-state index contributed by atoms with van der Waals surface area (Å²) in [5.41, 5.74) is 2.69. The number of Topliss-reactive ketones (excluding diaryl/α,β-unsaturated/α-hetero) is 1. The van der Waals surface area contributed by atoms with Gasteiger partial charge in [-0.25, -0.2) is 9.78 Å². The fourth-order valence-electron chi connectivity index (χ4n) is 2.94. The van der Waals surface area contributed by atoms with E-state index < -0.39 is 5.97 Å². The van der Waals surface area contributed by atoms with E-state index >= 15 is 0 Å². The Hall–Kier alpha value is -3.38. The molecule has 0 bridgehead atoms. The number of carbonyl (C=O) groups is 2. The van der Waals surface area contributed by atoms with E-state index in [1.807, 2.05) is 42.5 Å². The van der Waals surface area contributed by atoms with Gasteiger partial charge in [-0.2, -0.15) is 0 Å². The van der Waals surface area contributed by atoms with E-state index in [2.05, 4.69) is 25.9 Å². The largest absolute Gasteiger partial charge is 0.454 e. The summed E-state index contributed by atoms with van der Waals surface area (Å²) in [4.78, 5) is 34.1. The maximum atomic E-state index is 12.8. The smallest absolute Gasteiger partial charge is 0.339 e. The lowest BCUT2D eigenvalue weighted by molar-refractivity contribution is 0.0476. The molecule has 0 amide bonds.